The topological polar surface area (TPSA) is 114 Å². The van der Waals surface area contributed by atoms with E-state index in [4.69, 9.17) is 11.6 Å². The predicted octanol–water partition coefficient (Wildman–Crippen LogP) is 4.16. The van der Waals surface area contributed by atoms with Crippen LogP contribution in [0, 0.1) is 10.1 Å². The number of carbonyl (C=O) groups excluding carboxylic acids is 1. The van der Waals surface area contributed by atoms with Gasteiger partial charge in [0.1, 0.15) is 10.8 Å². The molecule has 1 aromatic heterocycles. The number of benzene rings is 2. The number of rotatable bonds is 5. The fraction of sp³-hybridized carbons (Fsp3) is 0.167. The quantitative estimate of drug-likeness (QED) is 0.507. The van der Waals surface area contributed by atoms with E-state index in [9.17, 15) is 14.9 Å². The van der Waals surface area contributed by atoms with Crippen molar-refractivity contribution >= 4 is 28.9 Å². The van der Waals surface area contributed by atoms with E-state index in [2.05, 4.69) is 20.5 Å². The van der Waals surface area contributed by atoms with Gasteiger partial charge in [0.15, 0.2) is 5.82 Å². The minimum atomic E-state index is -0.625. The maximum Gasteiger partial charge on any atom is 0.288 e. The zero-order valence-electron chi connectivity index (χ0n) is 14.0. The smallest absolute Gasteiger partial charge is 0.288 e. The molecule has 0 aliphatic heterocycles. The first kappa shape index (κ1) is 17.2. The Bertz CT molecular complexity index is 1040. The van der Waals surface area contributed by atoms with Crippen LogP contribution >= 0.6 is 11.6 Å². The third-order valence-corrected chi connectivity index (χ3v) is 4.57. The molecule has 0 atom stereocenters. The van der Waals surface area contributed by atoms with Crippen LogP contribution in [0.15, 0.2) is 42.5 Å². The van der Waals surface area contributed by atoms with Gasteiger partial charge in [-0.2, -0.15) is 5.10 Å². The summed E-state index contributed by atoms with van der Waals surface area (Å²) >= 11 is 5.78. The van der Waals surface area contributed by atoms with Gasteiger partial charge in [0.05, 0.1) is 4.92 Å². The van der Waals surface area contributed by atoms with E-state index >= 15 is 0 Å². The summed E-state index contributed by atoms with van der Waals surface area (Å²) in [7, 11) is 0. The molecular formula is C18H14ClN5O3. The summed E-state index contributed by atoms with van der Waals surface area (Å²) in [6.07, 6.45) is 2.25. The van der Waals surface area contributed by atoms with E-state index in [1.165, 1.54) is 12.1 Å². The SMILES string of the molecule is O=C(Nc1cccc(-c2n[nH]c(C3CC3)n2)c1)c1ccc(Cl)c([N+](=O)[O-])c1. The number of hydrogen-bond donors (Lipinski definition) is 2. The van der Waals surface area contributed by atoms with Crippen LogP contribution in [0.3, 0.4) is 0 Å². The van der Waals surface area contributed by atoms with Gasteiger partial charge in [0.25, 0.3) is 11.6 Å². The molecule has 1 heterocycles. The first-order valence-corrected chi connectivity index (χ1v) is 8.67. The van der Waals surface area contributed by atoms with Gasteiger partial charge in [-0.15, -0.1) is 0 Å². The van der Waals surface area contributed by atoms with Crippen molar-refractivity contribution in [2.75, 3.05) is 5.32 Å². The Morgan fingerprint density at radius 3 is 2.81 bits per heavy atom. The fourth-order valence-corrected chi connectivity index (χ4v) is 2.86. The number of nitrogens with one attached hydrogen (secondary N) is 2. The number of amides is 1. The maximum atomic E-state index is 12.4. The highest BCUT2D eigenvalue weighted by molar-refractivity contribution is 6.32. The summed E-state index contributed by atoms with van der Waals surface area (Å²) in [5, 5.41) is 20.9. The summed E-state index contributed by atoms with van der Waals surface area (Å²) in [6.45, 7) is 0. The standard InChI is InChI=1S/C18H14ClN5O3/c19-14-7-6-12(9-15(14)24(26)27)18(25)20-13-3-1-2-11(8-13)17-21-16(22-23-17)10-4-5-10/h1-3,6-10H,4-5H2,(H,20,25)(H,21,22,23). The van der Waals surface area contributed by atoms with Crippen LogP contribution in [0.2, 0.25) is 5.02 Å². The Hall–Kier alpha value is -3.26. The van der Waals surface area contributed by atoms with Gasteiger partial charge in [-0.3, -0.25) is 20.0 Å². The number of nitro benzene ring substituents is 1. The molecular weight excluding hydrogens is 370 g/mol. The number of H-pyrrole nitrogens is 1. The van der Waals surface area contributed by atoms with E-state index in [0.717, 1.165) is 30.3 Å². The van der Waals surface area contributed by atoms with E-state index in [0.29, 0.717) is 17.4 Å². The minimum absolute atomic E-state index is 0.0189. The van der Waals surface area contributed by atoms with Crippen LogP contribution in [0.1, 0.15) is 34.9 Å². The molecule has 4 rings (SSSR count). The second-order valence-electron chi connectivity index (χ2n) is 6.28. The van der Waals surface area contributed by atoms with Crippen LogP contribution in [-0.2, 0) is 0 Å². The second-order valence-corrected chi connectivity index (χ2v) is 6.68. The largest absolute Gasteiger partial charge is 0.322 e. The Morgan fingerprint density at radius 2 is 2.07 bits per heavy atom. The van der Waals surface area contributed by atoms with E-state index < -0.39 is 10.8 Å². The minimum Gasteiger partial charge on any atom is -0.322 e. The van der Waals surface area contributed by atoms with Crippen LogP contribution in [0.5, 0.6) is 0 Å². The van der Waals surface area contributed by atoms with Gasteiger partial charge >= 0.3 is 0 Å². The van der Waals surface area contributed by atoms with Crippen LogP contribution < -0.4 is 5.32 Å². The highest BCUT2D eigenvalue weighted by Gasteiger charge is 2.27. The average molecular weight is 384 g/mol. The number of nitro groups is 1. The van der Waals surface area contributed by atoms with E-state index in [-0.39, 0.29) is 16.3 Å². The molecule has 0 bridgehead atoms. The molecule has 1 aliphatic rings. The lowest BCUT2D eigenvalue weighted by molar-refractivity contribution is -0.384. The van der Waals surface area contributed by atoms with Crippen molar-refractivity contribution in [2.45, 2.75) is 18.8 Å². The fourth-order valence-electron chi connectivity index (χ4n) is 2.68. The van der Waals surface area contributed by atoms with Crippen molar-refractivity contribution in [3.8, 4) is 11.4 Å². The molecule has 2 aromatic carbocycles. The van der Waals surface area contributed by atoms with Gasteiger partial charge < -0.3 is 5.32 Å². The summed E-state index contributed by atoms with van der Waals surface area (Å²) in [6, 6.07) is 11.0. The third kappa shape index (κ3) is 3.65. The molecule has 8 nitrogen and oxygen atoms in total. The summed E-state index contributed by atoms with van der Waals surface area (Å²) in [5.74, 6) is 1.44. The zero-order valence-corrected chi connectivity index (χ0v) is 14.7. The molecule has 136 valence electrons. The number of aromatic amines is 1. The molecule has 1 fully saturated rings. The Labute approximate surface area is 158 Å². The molecule has 2 N–H and O–H groups in total. The van der Waals surface area contributed by atoms with Crippen molar-refractivity contribution in [3.05, 3.63) is 69.0 Å². The summed E-state index contributed by atoms with van der Waals surface area (Å²) < 4.78 is 0. The normalized spacial score (nSPS) is 13.4. The average Bonchev–Trinajstić information content (AvgIpc) is 3.39. The molecule has 0 radical (unpaired) electrons. The van der Waals surface area contributed by atoms with Gasteiger partial charge in [0.2, 0.25) is 0 Å². The first-order valence-electron chi connectivity index (χ1n) is 8.29. The Kier molecular flexibility index (Phi) is 4.33. The Balaban J connectivity index is 1.54. The van der Waals surface area contributed by atoms with Gasteiger partial charge in [-0.25, -0.2) is 4.98 Å². The molecule has 0 saturated heterocycles. The molecule has 1 saturated carbocycles. The van der Waals surface area contributed by atoms with Crippen molar-refractivity contribution in [3.63, 3.8) is 0 Å². The number of hydrogen-bond acceptors (Lipinski definition) is 5. The maximum absolute atomic E-state index is 12.4. The molecule has 1 amide bonds. The second kappa shape index (κ2) is 6.81. The van der Waals surface area contributed by atoms with Gasteiger partial charge in [0, 0.05) is 28.8 Å². The van der Waals surface area contributed by atoms with Crippen LogP contribution in [0.4, 0.5) is 11.4 Å². The van der Waals surface area contributed by atoms with Crippen molar-refractivity contribution in [1.82, 2.24) is 15.2 Å². The molecule has 0 spiro atoms. The number of carbonyl (C=O) groups is 1. The first-order chi connectivity index (χ1) is 13.0. The van der Waals surface area contributed by atoms with Crippen LogP contribution in [0.25, 0.3) is 11.4 Å². The van der Waals surface area contributed by atoms with Gasteiger partial charge in [-0.1, -0.05) is 23.7 Å². The van der Waals surface area contributed by atoms with Crippen molar-refractivity contribution < 1.29 is 9.72 Å². The monoisotopic (exact) mass is 383 g/mol. The van der Waals surface area contributed by atoms with E-state index in [1.54, 1.807) is 18.2 Å². The van der Waals surface area contributed by atoms with Crippen molar-refractivity contribution in [1.29, 1.82) is 0 Å². The van der Waals surface area contributed by atoms with E-state index in [1.807, 2.05) is 6.07 Å². The highest BCUT2D eigenvalue weighted by Crippen LogP contribution is 2.38. The zero-order chi connectivity index (χ0) is 19.0. The molecule has 1 aliphatic carbocycles. The molecule has 3 aromatic rings. The van der Waals surface area contributed by atoms with Crippen LogP contribution in [-0.4, -0.2) is 26.0 Å². The summed E-state index contributed by atoms with van der Waals surface area (Å²) in [5.41, 5.74) is 1.13. The summed E-state index contributed by atoms with van der Waals surface area (Å²) in [4.78, 5) is 27.3. The van der Waals surface area contributed by atoms with Crippen molar-refractivity contribution in [2.24, 2.45) is 0 Å². The number of halogens is 1. The lowest BCUT2D eigenvalue weighted by atomic mass is 10.1. The van der Waals surface area contributed by atoms with Gasteiger partial charge in [-0.05, 0) is 37.1 Å². The Morgan fingerprint density at radius 1 is 1.26 bits per heavy atom. The molecule has 9 heteroatoms. The lowest BCUT2D eigenvalue weighted by Crippen LogP contribution is -2.12. The number of aromatic nitrogens is 3. The lowest BCUT2D eigenvalue weighted by Gasteiger charge is -2.07. The highest BCUT2D eigenvalue weighted by atomic mass is 35.5. The predicted molar refractivity (Wildman–Crippen MR) is 99.9 cm³/mol. The number of anilines is 1. The number of nitrogens with zero attached hydrogens (tertiary/aromatic N) is 3. The molecule has 0 unspecified atom stereocenters. The molecule has 27 heavy (non-hydrogen) atoms. The third-order valence-electron chi connectivity index (χ3n) is 4.25.